The van der Waals surface area contributed by atoms with Gasteiger partial charge < -0.3 is 15.4 Å². The van der Waals surface area contributed by atoms with Crippen molar-refractivity contribution >= 4 is 40.1 Å². The number of amides is 1. The van der Waals surface area contributed by atoms with Crippen LogP contribution >= 0.6 is 11.6 Å². The van der Waals surface area contributed by atoms with Crippen molar-refractivity contribution in [1.29, 1.82) is 0 Å². The summed E-state index contributed by atoms with van der Waals surface area (Å²) in [7, 11) is 1.09. The van der Waals surface area contributed by atoms with E-state index in [2.05, 4.69) is 15.3 Å². The van der Waals surface area contributed by atoms with E-state index in [0.717, 1.165) is 12.7 Å². The molecule has 4 aromatic rings. The van der Waals surface area contributed by atoms with Gasteiger partial charge in [0.2, 0.25) is 0 Å². The van der Waals surface area contributed by atoms with Gasteiger partial charge in [-0.15, -0.1) is 0 Å². The van der Waals surface area contributed by atoms with Crippen LogP contribution in [-0.4, -0.2) is 47.2 Å². The molecule has 2 atom stereocenters. The van der Waals surface area contributed by atoms with E-state index in [9.17, 15) is 31.5 Å². The lowest BCUT2D eigenvalue weighted by Gasteiger charge is -2.22. The molecular weight excluding hydrogens is 595 g/mol. The number of rotatable bonds is 9. The second kappa shape index (κ2) is 12.9. The molecule has 0 aliphatic rings. The lowest BCUT2D eigenvalue weighted by molar-refractivity contribution is -0.143. The maximum absolute atomic E-state index is 14.9. The minimum atomic E-state index is -4.66. The van der Waals surface area contributed by atoms with Crippen LogP contribution in [0.25, 0.3) is 22.2 Å². The molecule has 0 aliphatic carbocycles. The molecule has 43 heavy (non-hydrogen) atoms. The second-order valence-electron chi connectivity index (χ2n) is 9.73. The third kappa shape index (κ3) is 7.02. The van der Waals surface area contributed by atoms with Gasteiger partial charge in [-0.05, 0) is 48.7 Å². The van der Waals surface area contributed by atoms with Crippen molar-refractivity contribution in [2.24, 2.45) is 0 Å². The van der Waals surface area contributed by atoms with Crippen LogP contribution in [0.5, 0.6) is 0 Å². The molecule has 0 aliphatic heterocycles. The van der Waals surface area contributed by atoms with Gasteiger partial charge in [-0.2, -0.15) is 13.2 Å². The normalized spacial score (nSPS) is 13.0. The molecule has 7 nitrogen and oxygen atoms in total. The van der Waals surface area contributed by atoms with Crippen molar-refractivity contribution in [2.75, 3.05) is 12.4 Å². The number of anilines is 1. The van der Waals surface area contributed by atoms with Crippen LogP contribution < -0.4 is 10.6 Å². The van der Waals surface area contributed by atoms with E-state index in [1.807, 2.05) is 12.2 Å². The fraction of sp³-hybridized carbons (Fsp3) is 0.267. The predicted octanol–water partition coefficient (Wildman–Crippen LogP) is 6.80. The largest absolute Gasteiger partial charge is 0.467 e. The number of aryl methyl sites for hydroxylation is 1. The molecule has 2 aromatic carbocycles. The minimum absolute atomic E-state index is 0.150. The van der Waals surface area contributed by atoms with E-state index >= 15 is 0 Å². The Hall–Kier alpha value is -4.32. The first-order valence-corrected chi connectivity index (χ1v) is 13.4. The molecule has 2 N–H and O–H groups in total. The van der Waals surface area contributed by atoms with E-state index in [-0.39, 0.29) is 6.42 Å². The molecule has 0 fully saturated rings. The summed E-state index contributed by atoms with van der Waals surface area (Å²) in [4.78, 5) is 34.5. The molecule has 0 saturated heterocycles. The standard InChI is InChI=1S/C30H26ClF5N4O3/c1-4-24(30(34,35)36)39-17-12-21(32)25(22(33)13-17)28(41)40-23(29(42)43-3)11-16-7-8-19(26-18(16)6-5-9-37-26)27-20(31)10-15(2)14-38-27/h5-10,12-14,23-24,39H,4,11H2,1-3H3,(H,40,41)/t23-,24+/m0/s1. The van der Waals surface area contributed by atoms with Crippen LogP contribution in [0.4, 0.5) is 27.6 Å². The summed E-state index contributed by atoms with van der Waals surface area (Å²) in [5, 5.41) is 5.33. The van der Waals surface area contributed by atoms with Gasteiger partial charge in [-0.25, -0.2) is 13.6 Å². The fourth-order valence-electron chi connectivity index (χ4n) is 4.61. The number of benzene rings is 2. The average Bonchev–Trinajstić information content (AvgIpc) is 2.94. The highest BCUT2D eigenvalue weighted by atomic mass is 35.5. The maximum atomic E-state index is 14.9. The second-order valence-corrected chi connectivity index (χ2v) is 10.1. The number of pyridine rings is 2. The van der Waals surface area contributed by atoms with Crippen LogP contribution in [-0.2, 0) is 16.0 Å². The molecule has 0 spiro atoms. The van der Waals surface area contributed by atoms with Gasteiger partial charge in [0.25, 0.3) is 5.91 Å². The molecule has 4 rings (SSSR count). The predicted molar refractivity (Wildman–Crippen MR) is 152 cm³/mol. The number of ether oxygens (including phenoxy) is 1. The lowest BCUT2D eigenvalue weighted by atomic mass is 9.96. The number of aromatic nitrogens is 2. The van der Waals surface area contributed by atoms with Crippen molar-refractivity contribution in [3.05, 3.63) is 88.2 Å². The molecule has 2 heterocycles. The van der Waals surface area contributed by atoms with Gasteiger partial charge in [0, 0.05) is 35.5 Å². The van der Waals surface area contributed by atoms with Crippen molar-refractivity contribution in [3.8, 4) is 11.3 Å². The molecule has 0 bridgehead atoms. The Morgan fingerprint density at radius 2 is 1.77 bits per heavy atom. The topological polar surface area (TPSA) is 93.2 Å². The number of alkyl halides is 3. The molecule has 2 aromatic heterocycles. The summed E-state index contributed by atoms with van der Waals surface area (Å²) < 4.78 is 73.9. The van der Waals surface area contributed by atoms with E-state index in [0.29, 0.717) is 44.9 Å². The van der Waals surface area contributed by atoms with E-state index in [4.69, 9.17) is 16.3 Å². The number of methoxy groups -OCH3 is 1. The highest BCUT2D eigenvalue weighted by molar-refractivity contribution is 6.33. The zero-order valence-electron chi connectivity index (χ0n) is 23.2. The summed E-state index contributed by atoms with van der Waals surface area (Å²) in [6, 6.07) is 6.30. The Balaban J connectivity index is 1.64. The van der Waals surface area contributed by atoms with Gasteiger partial charge in [-0.3, -0.25) is 14.8 Å². The summed E-state index contributed by atoms with van der Waals surface area (Å²) >= 11 is 6.44. The quantitative estimate of drug-likeness (QED) is 0.158. The first kappa shape index (κ1) is 31.6. The summed E-state index contributed by atoms with van der Waals surface area (Å²) in [6.45, 7) is 3.11. The molecule has 1 amide bonds. The third-order valence-corrected chi connectivity index (χ3v) is 7.01. The van der Waals surface area contributed by atoms with Crippen LogP contribution in [0.2, 0.25) is 5.02 Å². The zero-order valence-corrected chi connectivity index (χ0v) is 23.9. The molecule has 13 heteroatoms. The first-order chi connectivity index (χ1) is 20.3. The van der Waals surface area contributed by atoms with Crippen LogP contribution in [0.3, 0.4) is 0 Å². The van der Waals surface area contributed by atoms with E-state index in [1.165, 1.54) is 6.92 Å². The van der Waals surface area contributed by atoms with Gasteiger partial charge in [0.15, 0.2) is 0 Å². The van der Waals surface area contributed by atoms with Crippen LogP contribution in [0.1, 0.15) is 34.8 Å². The number of nitrogens with zero attached hydrogens (tertiary/aromatic N) is 2. The molecular formula is C30H26ClF5N4O3. The van der Waals surface area contributed by atoms with Crippen LogP contribution in [0.15, 0.2) is 54.9 Å². The van der Waals surface area contributed by atoms with Crippen molar-refractivity contribution < 1.29 is 36.3 Å². The molecule has 0 unspecified atom stereocenters. The van der Waals surface area contributed by atoms with Crippen LogP contribution in [0, 0.1) is 18.6 Å². The number of carbonyl (C=O) groups is 2. The number of hydrogen-bond acceptors (Lipinski definition) is 6. The van der Waals surface area contributed by atoms with Crippen molar-refractivity contribution in [1.82, 2.24) is 15.3 Å². The smallest absolute Gasteiger partial charge is 0.408 e. The molecule has 0 saturated carbocycles. The number of carbonyl (C=O) groups excluding carboxylic acids is 2. The molecule has 0 radical (unpaired) electrons. The molecule has 226 valence electrons. The van der Waals surface area contributed by atoms with Gasteiger partial charge in [0.05, 0.1) is 23.3 Å². The van der Waals surface area contributed by atoms with Gasteiger partial charge in [-0.1, -0.05) is 36.7 Å². The van der Waals surface area contributed by atoms with E-state index < -0.39 is 59.4 Å². The SMILES string of the molecule is CC[C@@H](Nc1cc(F)c(C(=O)N[C@@H](Cc2ccc(-c3ncc(C)cc3Cl)c3ncccc23)C(=O)OC)c(F)c1)C(F)(F)F. The monoisotopic (exact) mass is 620 g/mol. The Morgan fingerprint density at radius 1 is 1.07 bits per heavy atom. The Morgan fingerprint density at radius 3 is 2.37 bits per heavy atom. The van der Waals surface area contributed by atoms with Gasteiger partial charge in [0.1, 0.15) is 29.3 Å². The highest BCUT2D eigenvalue weighted by Gasteiger charge is 2.38. The number of hydrogen-bond donors (Lipinski definition) is 2. The van der Waals surface area contributed by atoms with Crippen molar-refractivity contribution in [2.45, 2.75) is 44.9 Å². The Bertz CT molecular complexity index is 1660. The number of nitrogens with one attached hydrogen (secondary N) is 2. The Labute approximate surface area is 248 Å². The van der Waals surface area contributed by atoms with E-state index in [1.54, 1.807) is 42.7 Å². The number of fused-ring (bicyclic) bond motifs is 1. The minimum Gasteiger partial charge on any atom is -0.467 e. The number of esters is 1. The zero-order chi connectivity index (χ0) is 31.5. The summed E-state index contributed by atoms with van der Waals surface area (Å²) in [5.74, 6) is -5.02. The third-order valence-electron chi connectivity index (χ3n) is 6.72. The first-order valence-electron chi connectivity index (χ1n) is 13.0. The lowest BCUT2D eigenvalue weighted by Crippen LogP contribution is -2.43. The fourth-order valence-corrected chi connectivity index (χ4v) is 4.93. The Kier molecular flexibility index (Phi) is 9.49. The average molecular weight is 621 g/mol. The van der Waals surface area contributed by atoms with Gasteiger partial charge >= 0.3 is 12.1 Å². The highest BCUT2D eigenvalue weighted by Crippen LogP contribution is 2.33. The summed E-state index contributed by atoms with van der Waals surface area (Å²) in [5.41, 5.74) is 1.47. The maximum Gasteiger partial charge on any atom is 0.408 e. The summed E-state index contributed by atoms with van der Waals surface area (Å²) in [6.07, 6.45) is -1.98. The van der Waals surface area contributed by atoms with Crippen molar-refractivity contribution in [3.63, 3.8) is 0 Å². The number of halogens is 6.